The van der Waals surface area contributed by atoms with Crippen LogP contribution in [0.3, 0.4) is 0 Å². The molecule has 3 nitrogen and oxygen atoms in total. The van der Waals surface area contributed by atoms with Crippen molar-refractivity contribution in [2.45, 2.75) is 19.4 Å². The van der Waals surface area contributed by atoms with Crippen molar-refractivity contribution in [1.29, 1.82) is 0 Å². The van der Waals surface area contributed by atoms with Gasteiger partial charge in [0.05, 0.1) is 12.6 Å². The largest absolute Gasteiger partial charge is 0.496 e. The first-order chi connectivity index (χ1) is 12.1. The van der Waals surface area contributed by atoms with Crippen LogP contribution in [0.1, 0.15) is 19.4 Å². The van der Waals surface area contributed by atoms with E-state index in [0.717, 1.165) is 22.4 Å². The standard InChI is InChI=1S/C22H21NO2/c1-22(2)14-25-21(23-22)18-9-6-10-19(24-3)20(18)17-12-11-15-7-4-5-8-16(15)13-17/h4-13H,14H2,1-3H3. The molecule has 0 bridgehead atoms. The third-order valence-corrected chi connectivity index (χ3v) is 4.48. The van der Waals surface area contributed by atoms with Crippen molar-refractivity contribution in [1.82, 2.24) is 0 Å². The highest BCUT2D eigenvalue weighted by Gasteiger charge is 2.29. The number of ether oxygens (including phenoxy) is 2. The van der Waals surface area contributed by atoms with E-state index in [1.165, 1.54) is 10.8 Å². The van der Waals surface area contributed by atoms with Crippen molar-refractivity contribution < 1.29 is 9.47 Å². The highest BCUT2D eigenvalue weighted by molar-refractivity contribution is 6.04. The van der Waals surface area contributed by atoms with Gasteiger partial charge in [-0.05, 0) is 48.4 Å². The summed E-state index contributed by atoms with van der Waals surface area (Å²) in [5, 5.41) is 2.42. The molecule has 0 fully saturated rings. The number of nitrogens with zero attached hydrogens (tertiary/aromatic N) is 1. The third-order valence-electron chi connectivity index (χ3n) is 4.48. The van der Waals surface area contributed by atoms with Gasteiger partial charge in [0.25, 0.3) is 0 Å². The van der Waals surface area contributed by atoms with Crippen LogP contribution in [0.2, 0.25) is 0 Å². The fourth-order valence-corrected chi connectivity index (χ4v) is 3.24. The molecule has 25 heavy (non-hydrogen) atoms. The predicted octanol–water partition coefficient (Wildman–Crippen LogP) is 5.07. The molecule has 1 aliphatic heterocycles. The highest BCUT2D eigenvalue weighted by atomic mass is 16.5. The van der Waals surface area contributed by atoms with Crippen molar-refractivity contribution in [3.05, 3.63) is 66.2 Å². The van der Waals surface area contributed by atoms with E-state index in [9.17, 15) is 0 Å². The number of fused-ring (bicyclic) bond motifs is 1. The summed E-state index contributed by atoms with van der Waals surface area (Å²) in [7, 11) is 1.70. The first-order valence-corrected chi connectivity index (χ1v) is 8.47. The molecular formula is C22H21NO2. The zero-order valence-corrected chi connectivity index (χ0v) is 14.7. The van der Waals surface area contributed by atoms with Crippen LogP contribution in [-0.4, -0.2) is 25.2 Å². The molecule has 1 aliphatic rings. The van der Waals surface area contributed by atoms with Gasteiger partial charge in [0.15, 0.2) is 0 Å². The van der Waals surface area contributed by atoms with E-state index in [-0.39, 0.29) is 5.54 Å². The summed E-state index contributed by atoms with van der Waals surface area (Å²) >= 11 is 0. The zero-order valence-electron chi connectivity index (χ0n) is 14.7. The number of hydrogen-bond donors (Lipinski definition) is 0. The Balaban J connectivity index is 1.93. The van der Waals surface area contributed by atoms with E-state index in [2.05, 4.69) is 56.3 Å². The molecule has 3 aromatic rings. The molecule has 0 aromatic heterocycles. The molecule has 0 aliphatic carbocycles. The van der Waals surface area contributed by atoms with Gasteiger partial charge in [-0.25, -0.2) is 4.99 Å². The molecule has 3 heteroatoms. The highest BCUT2D eigenvalue weighted by Crippen LogP contribution is 2.37. The molecule has 0 radical (unpaired) electrons. The summed E-state index contributed by atoms with van der Waals surface area (Å²) in [6.07, 6.45) is 0. The number of benzene rings is 3. The van der Waals surface area contributed by atoms with Gasteiger partial charge < -0.3 is 9.47 Å². The minimum absolute atomic E-state index is 0.195. The molecule has 3 aromatic carbocycles. The molecule has 0 saturated carbocycles. The van der Waals surface area contributed by atoms with Crippen LogP contribution in [0, 0.1) is 0 Å². The van der Waals surface area contributed by atoms with Crippen molar-refractivity contribution in [3.63, 3.8) is 0 Å². The van der Waals surface area contributed by atoms with Crippen LogP contribution in [0.15, 0.2) is 65.7 Å². The lowest BCUT2D eigenvalue weighted by molar-refractivity contribution is 0.279. The van der Waals surface area contributed by atoms with Crippen molar-refractivity contribution in [2.24, 2.45) is 4.99 Å². The van der Waals surface area contributed by atoms with Gasteiger partial charge in [-0.2, -0.15) is 0 Å². The molecule has 0 N–H and O–H groups in total. The van der Waals surface area contributed by atoms with Gasteiger partial charge in [0.1, 0.15) is 12.4 Å². The van der Waals surface area contributed by atoms with E-state index in [4.69, 9.17) is 14.5 Å². The zero-order chi connectivity index (χ0) is 17.4. The van der Waals surface area contributed by atoms with Gasteiger partial charge in [-0.1, -0.05) is 42.5 Å². The number of methoxy groups -OCH3 is 1. The van der Waals surface area contributed by atoms with Gasteiger partial charge in [0.2, 0.25) is 5.90 Å². The van der Waals surface area contributed by atoms with E-state index in [1.54, 1.807) is 7.11 Å². The van der Waals surface area contributed by atoms with Crippen LogP contribution in [-0.2, 0) is 4.74 Å². The van der Waals surface area contributed by atoms with Crippen molar-refractivity contribution in [3.8, 4) is 16.9 Å². The summed E-state index contributed by atoms with van der Waals surface area (Å²) in [4.78, 5) is 4.75. The number of hydrogen-bond acceptors (Lipinski definition) is 3. The van der Waals surface area contributed by atoms with E-state index >= 15 is 0 Å². The van der Waals surface area contributed by atoms with Crippen LogP contribution < -0.4 is 4.74 Å². The molecule has 0 spiro atoms. The van der Waals surface area contributed by atoms with Gasteiger partial charge in [0, 0.05) is 11.1 Å². The molecule has 126 valence electrons. The first-order valence-electron chi connectivity index (χ1n) is 8.47. The van der Waals surface area contributed by atoms with E-state index < -0.39 is 0 Å². The Bertz CT molecular complexity index is 973. The van der Waals surface area contributed by atoms with Crippen LogP contribution in [0.4, 0.5) is 0 Å². The minimum atomic E-state index is -0.195. The molecule has 0 amide bonds. The summed E-state index contributed by atoms with van der Waals surface area (Å²) in [6.45, 7) is 4.75. The molecule has 0 unspecified atom stereocenters. The molecule has 0 atom stereocenters. The lowest BCUT2D eigenvalue weighted by Crippen LogP contribution is -2.17. The van der Waals surface area contributed by atoms with E-state index in [1.807, 2.05) is 18.2 Å². The van der Waals surface area contributed by atoms with Crippen LogP contribution >= 0.6 is 0 Å². The Morgan fingerprint density at radius 3 is 2.48 bits per heavy atom. The van der Waals surface area contributed by atoms with Gasteiger partial charge in [-0.3, -0.25) is 0 Å². The monoisotopic (exact) mass is 331 g/mol. The normalized spacial score (nSPS) is 15.7. The average molecular weight is 331 g/mol. The Hall–Kier alpha value is -2.81. The smallest absolute Gasteiger partial charge is 0.217 e. The lowest BCUT2D eigenvalue weighted by Gasteiger charge is -2.14. The molecule has 0 saturated heterocycles. The topological polar surface area (TPSA) is 30.8 Å². The van der Waals surface area contributed by atoms with E-state index in [0.29, 0.717) is 12.5 Å². The Morgan fingerprint density at radius 1 is 0.960 bits per heavy atom. The van der Waals surface area contributed by atoms with Crippen LogP contribution in [0.5, 0.6) is 5.75 Å². The second-order valence-electron chi connectivity index (χ2n) is 6.96. The molecular weight excluding hydrogens is 310 g/mol. The number of rotatable bonds is 3. The Kier molecular flexibility index (Phi) is 3.72. The Labute approximate surface area is 147 Å². The second kappa shape index (κ2) is 5.92. The maximum absolute atomic E-state index is 5.90. The van der Waals surface area contributed by atoms with Gasteiger partial charge in [-0.15, -0.1) is 0 Å². The quantitative estimate of drug-likeness (QED) is 0.671. The lowest BCUT2D eigenvalue weighted by atomic mass is 9.96. The second-order valence-corrected chi connectivity index (χ2v) is 6.96. The maximum Gasteiger partial charge on any atom is 0.217 e. The predicted molar refractivity (Wildman–Crippen MR) is 103 cm³/mol. The molecule has 4 rings (SSSR count). The summed E-state index contributed by atoms with van der Waals surface area (Å²) < 4.78 is 11.6. The van der Waals surface area contributed by atoms with Crippen molar-refractivity contribution >= 4 is 16.7 Å². The summed E-state index contributed by atoms with van der Waals surface area (Å²) in [5.74, 6) is 1.51. The average Bonchev–Trinajstić information content (AvgIpc) is 3.00. The number of aliphatic imine (C=N–C) groups is 1. The summed E-state index contributed by atoms with van der Waals surface area (Å²) in [5.41, 5.74) is 2.90. The first kappa shape index (κ1) is 15.7. The fourth-order valence-electron chi connectivity index (χ4n) is 3.24. The maximum atomic E-state index is 5.90. The van der Waals surface area contributed by atoms with Crippen molar-refractivity contribution in [2.75, 3.05) is 13.7 Å². The molecule has 1 heterocycles. The van der Waals surface area contributed by atoms with Gasteiger partial charge >= 0.3 is 0 Å². The minimum Gasteiger partial charge on any atom is -0.496 e. The fraction of sp³-hybridized carbons (Fsp3) is 0.227. The SMILES string of the molecule is COc1cccc(C2=NC(C)(C)CO2)c1-c1ccc2ccccc2c1. The van der Waals surface area contributed by atoms with Crippen LogP contribution in [0.25, 0.3) is 21.9 Å². The third kappa shape index (κ3) is 2.86. The Morgan fingerprint density at radius 2 is 1.76 bits per heavy atom. The summed E-state index contributed by atoms with van der Waals surface area (Å²) in [6, 6.07) is 20.8.